The van der Waals surface area contributed by atoms with Crippen LogP contribution >= 0.6 is 0 Å². The quantitative estimate of drug-likeness (QED) is 0.191. The number of likely N-dealkylation sites (N-methyl/N-ethyl adjacent to an activating group) is 1. The molecule has 270 valence electrons. The van der Waals surface area contributed by atoms with Crippen LogP contribution in [0.4, 0.5) is 4.79 Å². The first-order chi connectivity index (χ1) is 21.6. The highest BCUT2D eigenvalue weighted by Crippen LogP contribution is 2.41. The molecular weight excluding hydrogens is 624 g/mol. The molecule has 47 heavy (non-hydrogen) atoms. The van der Waals surface area contributed by atoms with Gasteiger partial charge in [0, 0.05) is 26.2 Å². The Balaban J connectivity index is 2.46. The molecule has 5 amide bonds. The third kappa shape index (κ3) is 11.2. The van der Waals surface area contributed by atoms with Gasteiger partial charge in [0.1, 0.15) is 12.1 Å². The van der Waals surface area contributed by atoms with E-state index in [4.69, 9.17) is 5.73 Å². The molecule has 2 fully saturated rings. The number of nitrogens with one attached hydrogen (secondary N) is 3. The first-order valence-corrected chi connectivity index (χ1v) is 18.9. The van der Waals surface area contributed by atoms with Crippen LogP contribution in [0.1, 0.15) is 106 Å². The van der Waals surface area contributed by atoms with Crippen molar-refractivity contribution in [3.8, 4) is 0 Å². The van der Waals surface area contributed by atoms with Crippen LogP contribution in [0.25, 0.3) is 0 Å². The molecule has 1 saturated heterocycles. The minimum Gasteiger partial charge on any atom is -0.363 e. The number of sulfonamides is 1. The van der Waals surface area contributed by atoms with Crippen molar-refractivity contribution >= 4 is 39.6 Å². The average molecular weight is 685 g/mol. The maximum atomic E-state index is 14.7. The van der Waals surface area contributed by atoms with Gasteiger partial charge in [-0.2, -0.15) is 0 Å². The highest BCUT2D eigenvalue weighted by molar-refractivity contribution is 7.88. The molecule has 1 heterocycles. The highest BCUT2D eigenvalue weighted by Gasteiger charge is 2.49. The third-order valence-corrected chi connectivity index (χ3v) is 11.2. The van der Waals surface area contributed by atoms with Gasteiger partial charge < -0.3 is 26.6 Å². The Kier molecular flexibility index (Phi) is 14.3. The van der Waals surface area contributed by atoms with Crippen LogP contribution in [0.2, 0.25) is 0 Å². The zero-order valence-electron chi connectivity index (χ0n) is 30.0. The molecule has 0 aromatic heterocycles. The molecule has 0 spiro atoms. The molecule has 14 heteroatoms. The van der Waals surface area contributed by atoms with Gasteiger partial charge in [0.25, 0.3) is 5.91 Å². The zero-order valence-corrected chi connectivity index (χ0v) is 30.8. The molecule has 5 N–H and O–H groups in total. The van der Waals surface area contributed by atoms with Crippen LogP contribution in [-0.4, -0.2) is 97.7 Å². The molecule has 13 nitrogen and oxygen atoms in total. The predicted octanol–water partition coefficient (Wildman–Crippen LogP) is 2.53. The first-order valence-electron chi connectivity index (χ1n) is 17.0. The maximum Gasteiger partial charge on any atom is 0.315 e. The summed E-state index contributed by atoms with van der Waals surface area (Å²) in [6.45, 7) is 13.9. The van der Waals surface area contributed by atoms with Gasteiger partial charge in [-0.3, -0.25) is 19.2 Å². The monoisotopic (exact) mass is 684 g/mol. The van der Waals surface area contributed by atoms with Gasteiger partial charge >= 0.3 is 6.03 Å². The van der Waals surface area contributed by atoms with Crippen molar-refractivity contribution in [1.29, 1.82) is 0 Å². The summed E-state index contributed by atoms with van der Waals surface area (Å²) in [5, 5.41) is 8.64. The maximum absolute atomic E-state index is 14.7. The topological polar surface area (TPSA) is 188 Å². The Morgan fingerprint density at radius 2 is 1.62 bits per heavy atom. The van der Waals surface area contributed by atoms with E-state index in [1.54, 1.807) is 4.90 Å². The Labute approximate surface area is 281 Å². The first kappa shape index (κ1) is 40.4. The predicted molar refractivity (Wildman–Crippen MR) is 181 cm³/mol. The third-order valence-electron chi connectivity index (χ3n) is 9.87. The molecule has 1 saturated carbocycles. The molecule has 0 bridgehead atoms. The second-order valence-corrected chi connectivity index (χ2v) is 17.6. The number of Topliss-reactive ketones (excluding diaryl/α,β-unsaturated/α-hetero) is 1. The van der Waals surface area contributed by atoms with Crippen molar-refractivity contribution in [2.75, 3.05) is 26.4 Å². The fourth-order valence-corrected chi connectivity index (χ4v) is 7.33. The Morgan fingerprint density at radius 3 is 2.11 bits per heavy atom. The number of hydrogen-bond donors (Lipinski definition) is 4. The summed E-state index contributed by atoms with van der Waals surface area (Å²) in [6.07, 6.45) is 7.31. The standard InChI is InChI=1S/C33H60N6O7S/c1-10-14-23(26(40)28(34)41)35-29(42)25-22(19-21(2)3)15-18-39(25)30(43)27(33(7)16-12-11-13-17-33)37-31(44)36-24(32(4,5)6)20-38(8)47(9,45)46/h21-25,27H,10-20H2,1-9H3,(H2,34,41)(H,35,42)(H2,36,37,44)/t22-,23?,24-,25+,27-/m1/s1. The smallest absolute Gasteiger partial charge is 0.315 e. The van der Waals surface area contributed by atoms with E-state index in [0.717, 1.165) is 25.5 Å². The zero-order chi connectivity index (χ0) is 35.9. The van der Waals surface area contributed by atoms with Crippen LogP contribution in [0.3, 0.4) is 0 Å². The summed E-state index contributed by atoms with van der Waals surface area (Å²) in [5.74, 6) is -2.83. The van der Waals surface area contributed by atoms with Gasteiger partial charge in [0.2, 0.25) is 27.6 Å². The van der Waals surface area contributed by atoms with E-state index in [1.165, 1.54) is 11.4 Å². The van der Waals surface area contributed by atoms with E-state index in [-0.39, 0.29) is 30.7 Å². The van der Waals surface area contributed by atoms with Crippen molar-refractivity contribution in [3.05, 3.63) is 0 Å². The van der Waals surface area contributed by atoms with Gasteiger partial charge in [-0.05, 0) is 54.8 Å². The summed E-state index contributed by atoms with van der Waals surface area (Å²) in [4.78, 5) is 68.1. The lowest BCUT2D eigenvalue weighted by atomic mass is 9.70. The second kappa shape index (κ2) is 16.6. The molecule has 2 rings (SSSR count). The molecule has 1 aliphatic heterocycles. The number of nitrogens with two attached hydrogens (primary N) is 1. The number of carbonyl (C=O) groups excluding carboxylic acids is 5. The number of carbonyl (C=O) groups is 5. The SMILES string of the molecule is CCCC(NC(=O)[C@@H]1[C@@H](CC(C)C)CCN1C(=O)[C@@H](NC(=O)N[C@H](CN(C)S(C)(=O)=O)C(C)(C)C)C1(C)CCCCC1)C(=O)C(N)=O. The number of nitrogens with zero attached hydrogens (tertiary/aromatic N) is 2. The molecule has 2 aliphatic rings. The number of urea groups is 1. The highest BCUT2D eigenvalue weighted by atomic mass is 32.2. The molecule has 1 unspecified atom stereocenters. The van der Waals surface area contributed by atoms with Crippen molar-refractivity contribution in [3.63, 3.8) is 0 Å². The lowest BCUT2D eigenvalue weighted by molar-refractivity contribution is -0.145. The van der Waals surface area contributed by atoms with Crippen LogP contribution in [0.15, 0.2) is 0 Å². The fraction of sp³-hybridized carbons (Fsp3) is 0.848. The Hall–Kier alpha value is -2.74. The summed E-state index contributed by atoms with van der Waals surface area (Å²) in [7, 11) is -2.05. The van der Waals surface area contributed by atoms with Gasteiger partial charge in [-0.25, -0.2) is 17.5 Å². The number of ketones is 1. The van der Waals surface area contributed by atoms with E-state index in [9.17, 15) is 32.4 Å². The molecule has 0 radical (unpaired) electrons. The Bertz CT molecular complexity index is 1240. The van der Waals surface area contributed by atoms with Gasteiger partial charge in [0.15, 0.2) is 0 Å². The Morgan fingerprint density at radius 1 is 1.02 bits per heavy atom. The number of likely N-dealkylation sites (tertiary alicyclic amines) is 1. The van der Waals surface area contributed by atoms with Crippen LogP contribution in [0, 0.1) is 22.7 Å². The minimum atomic E-state index is -3.50. The summed E-state index contributed by atoms with van der Waals surface area (Å²) < 4.78 is 25.5. The van der Waals surface area contributed by atoms with E-state index < -0.39 is 68.6 Å². The number of amides is 5. The number of primary amides is 1. The largest absolute Gasteiger partial charge is 0.363 e. The van der Waals surface area contributed by atoms with Crippen molar-refractivity contribution in [1.82, 2.24) is 25.2 Å². The van der Waals surface area contributed by atoms with E-state index in [1.807, 2.05) is 48.5 Å². The lowest BCUT2D eigenvalue weighted by Gasteiger charge is -2.43. The summed E-state index contributed by atoms with van der Waals surface area (Å²) in [5.41, 5.74) is 4.18. The molecule has 5 atom stereocenters. The van der Waals surface area contributed by atoms with Crippen molar-refractivity contribution < 1.29 is 32.4 Å². The van der Waals surface area contributed by atoms with Gasteiger partial charge in [0.05, 0.1) is 12.3 Å². The molecule has 1 aliphatic carbocycles. The lowest BCUT2D eigenvalue weighted by Crippen LogP contribution is -2.63. The normalized spacial score (nSPS) is 22.0. The van der Waals surface area contributed by atoms with Crippen LogP contribution in [0.5, 0.6) is 0 Å². The molecule has 0 aromatic carbocycles. The van der Waals surface area contributed by atoms with Crippen LogP contribution in [-0.2, 0) is 29.2 Å². The van der Waals surface area contributed by atoms with Gasteiger partial charge in [-0.15, -0.1) is 0 Å². The number of hydrogen-bond acceptors (Lipinski definition) is 7. The minimum absolute atomic E-state index is 0.0415. The average Bonchev–Trinajstić information content (AvgIpc) is 3.36. The fourth-order valence-electron chi connectivity index (χ4n) is 6.91. The molecule has 0 aromatic rings. The van der Waals surface area contributed by atoms with E-state index in [0.29, 0.717) is 38.6 Å². The van der Waals surface area contributed by atoms with Gasteiger partial charge in [-0.1, -0.05) is 74.1 Å². The van der Waals surface area contributed by atoms with E-state index >= 15 is 0 Å². The van der Waals surface area contributed by atoms with Crippen LogP contribution < -0.4 is 21.7 Å². The number of rotatable bonds is 15. The van der Waals surface area contributed by atoms with Crippen molar-refractivity contribution in [2.45, 2.75) is 130 Å². The van der Waals surface area contributed by atoms with Crippen molar-refractivity contribution in [2.24, 2.45) is 28.4 Å². The second-order valence-electron chi connectivity index (χ2n) is 15.5. The summed E-state index contributed by atoms with van der Waals surface area (Å²) >= 11 is 0. The molecular formula is C33H60N6O7S. The van der Waals surface area contributed by atoms with E-state index in [2.05, 4.69) is 16.0 Å². The summed E-state index contributed by atoms with van der Waals surface area (Å²) in [6, 6.07) is -4.10.